The molecule has 0 aliphatic carbocycles. The first-order chi connectivity index (χ1) is 10.1. The number of hydrogen-bond donors (Lipinski definition) is 2. The number of halogens is 4. The molecule has 23 heavy (non-hydrogen) atoms. The summed E-state index contributed by atoms with van der Waals surface area (Å²) < 4.78 is 37.4. The van der Waals surface area contributed by atoms with Crippen LogP contribution in [0.5, 0.6) is 0 Å². The minimum atomic E-state index is -4.33. The molecule has 3 N–H and O–H groups in total. The molecule has 2 atom stereocenters. The van der Waals surface area contributed by atoms with Crippen molar-refractivity contribution in [3.8, 4) is 0 Å². The fraction of sp³-hybridized carbons (Fsp3) is 0.562. The Kier molecular flexibility index (Phi) is 8.63. The summed E-state index contributed by atoms with van der Waals surface area (Å²) in [6.45, 7) is 5.77. The number of carbonyl (C=O) groups is 1. The molecule has 0 radical (unpaired) electrons. The van der Waals surface area contributed by atoms with Gasteiger partial charge in [-0.25, -0.2) is 0 Å². The molecule has 1 aromatic rings. The second kappa shape index (κ2) is 9.13. The van der Waals surface area contributed by atoms with E-state index >= 15 is 0 Å². The van der Waals surface area contributed by atoms with Gasteiger partial charge in [0, 0.05) is 6.04 Å². The van der Waals surface area contributed by atoms with Gasteiger partial charge in [-0.1, -0.05) is 26.0 Å². The number of alkyl halides is 3. The number of rotatable bonds is 6. The van der Waals surface area contributed by atoms with E-state index < -0.39 is 17.8 Å². The minimum absolute atomic E-state index is 0. The average Bonchev–Trinajstić information content (AvgIpc) is 2.37. The first kappa shape index (κ1) is 21.7. The van der Waals surface area contributed by atoms with E-state index in [0.717, 1.165) is 17.7 Å². The fourth-order valence-corrected chi connectivity index (χ4v) is 2.20. The zero-order valence-electron chi connectivity index (χ0n) is 13.5. The lowest BCUT2D eigenvalue weighted by molar-refractivity contribution is -0.137. The zero-order valence-corrected chi connectivity index (χ0v) is 14.3. The largest absolute Gasteiger partial charge is 0.416 e. The molecule has 0 aliphatic heterocycles. The lowest BCUT2D eigenvalue weighted by Crippen LogP contribution is -2.45. The van der Waals surface area contributed by atoms with Crippen LogP contribution in [-0.4, -0.2) is 18.0 Å². The molecule has 0 saturated heterocycles. The molecule has 1 unspecified atom stereocenters. The Morgan fingerprint density at radius 1 is 1.17 bits per heavy atom. The van der Waals surface area contributed by atoms with Crippen molar-refractivity contribution in [3.05, 3.63) is 35.4 Å². The van der Waals surface area contributed by atoms with E-state index in [1.165, 1.54) is 12.1 Å². The van der Waals surface area contributed by atoms with Crippen LogP contribution in [0.3, 0.4) is 0 Å². The third-order valence-corrected chi connectivity index (χ3v) is 3.27. The highest BCUT2D eigenvalue weighted by molar-refractivity contribution is 5.85. The lowest BCUT2D eigenvalue weighted by atomic mass is 10.0. The molecule has 7 heteroatoms. The van der Waals surface area contributed by atoms with E-state index in [1.54, 1.807) is 6.92 Å². The normalized spacial score (nSPS) is 14.1. The van der Waals surface area contributed by atoms with Gasteiger partial charge < -0.3 is 11.1 Å². The van der Waals surface area contributed by atoms with Crippen LogP contribution in [0.15, 0.2) is 24.3 Å². The molecule has 0 fully saturated rings. The highest BCUT2D eigenvalue weighted by atomic mass is 35.5. The molecule has 1 aromatic carbocycles. The predicted octanol–water partition coefficient (Wildman–Crippen LogP) is 3.55. The molecule has 1 amide bonds. The number of amides is 1. The smallest absolute Gasteiger partial charge is 0.352 e. The Labute approximate surface area is 141 Å². The van der Waals surface area contributed by atoms with Gasteiger partial charge in [-0.3, -0.25) is 4.79 Å². The van der Waals surface area contributed by atoms with Crippen LogP contribution in [0.4, 0.5) is 13.2 Å². The maximum atomic E-state index is 12.5. The Bertz CT molecular complexity index is 489. The predicted molar refractivity (Wildman–Crippen MR) is 87.4 cm³/mol. The summed E-state index contributed by atoms with van der Waals surface area (Å²) in [5, 5.41) is 2.79. The number of nitrogens with one attached hydrogen (secondary N) is 1. The van der Waals surface area contributed by atoms with E-state index in [-0.39, 0.29) is 24.4 Å². The number of hydrogen-bond acceptors (Lipinski definition) is 2. The van der Waals surface area contributed by atoms with Gasteiger partial charge in [0.2, 0.25) is 5.91 Å². The standard InChI is InChI=1S/C16H23F3N2O.ClH/c1-10(2)8-14(20)15(22)21-11(3)9-12-4-6-13(7-5-12)16(17,18)19;/h4-7,10-11,14H,8-9,20H2,1-3H3,(H,21,22);1H/t11?,14-;/m0./s1. The Morgan fingerprint density at radius 3 is 2.13 bits per heavy atom. The van der Waals surface area contributed by atoms with Crippen molar-refractivity contribution < 1.29 is 18.0 Å². The maximum Gasteiger partial charge on any atom is 0.416 e. The van der Waals surface area contributed by atoms with E-state index in [2.05, 4.69) is 5.32 Å². The number of nitrogens with two attached hydrogens (primary N) is 1. The number of carbonyl (C=O) groups excluding carboxylic acids is 1. The van der Waals surface area contributed by atoms with Gasteiger partial charge in [-0.2, -0.15) is 13.2 Å². The van der Waals surface area contributed by atoms with Gasteiger partial charge in [0.25, 0.3) is 0 Å². The summed E-state index contributed by atoms with van der Waals surface area (Å²) in [6, 6.07) is 4.21. The molecule has 3 nitrogen and oxygen atoms in total. The molecule has 0 spiro atoms. The van der Waals surface area contributed by atoms with Crippen molar-refractivity contribution in [3.63, 3.8) is 0 Å². The molecule has 0 saturated carbocycles. The molecule has 0 aliphatic rings. The van der Waals surface area contributed by atoms with E-state index in [4.69, 9.17) is 5.73 Å². The monoisotopic (exact) mass is 352 g/mol. The van der Waals surface area contributed by atoms with Crippen molar-refractivity contribution in [2.24, 2.45) is 11.7 Å². The van der Waals surface area contributed by atoms with Crippen molar-refractivity contribution in [1.29, 1.82) is 0 Å². The molecule has 0 aromatic heterocycles. The van der Waals surface area contributed by atoms with Crippen LogP contribution in [0, 0.1) is 5.92 Å². The van der Waals surface area contributed by atoms with Gasteiger partial charge in [0.1, 0.15) is 0 Å². The summed E-state index contributed by atoms with van der Waals surface area (Å²) in [6.07, 6.45) is -3.28. The fourth-order valence-electron chi connectivity index (χ4n) is 2.20. The van der Waals surface area contributed by atoms with Gasteiger partial charge in [-0.05, 0) is 43.4 Å². The Morgan fingerprint density at radius 2 is 1.70 bits per heavy atom. The number of benzene rings is 1. The molecular formula is C16H24ClF3N2O. The van der Waals surface area contributed by atoms with E-state index in [0.29, 0.717) is 18.8 Å². The van der Waals surface area contributed by atoms with Gasteiger partial charge in [-0.15, -0.1) is 12.4 Å². The molecule has 0 heterocycles. The van der Waals surface area contributed by atoms with Crippen LogP contribution >= 0.6 is 12.4 Å². The van der Waals surface area contributed by atoms with Crippen molar-refractivity contribution in [1.82, 2.24) is 5.32 Å². The minimum Gasteiger partial charge on any atom is -0.352 e. The highest BCUT2D eigenvalue weighted by Gasteiger charge is 2.30. The lowest BCUT2D eigenvalue weighted by Gasteiger charge is -2.19. The van der Waals surface area contributed by atoms with Gasteiger partial charge in [0.15, 0.2) is 0 Å². The third-order valence-electron chi connectivity index (χ3n) is 3.27. The Hall–Kier alpha value is -1.27. The van der Waals surface area contributed by atoms with Crippen molar-refractivity contribution in [2.45, 2.75) is 51.9 Å². The Balaban J connectivity index is 0.00000484. The van der Waals surface area contributed by atoms with Gasteiger partial charge >= 0.3 is 6.18 Å². The second-order valence-electron chi connectivity index (χ2n) is 6.04. The van der Waals surface area contributed by atoms with Crippen LogP contribution in [0.2, 0.25) is 0 Å². The highest BCUT2D eigenvalue weighted by Crippen LogP contribution is 2.29. The molecular weight excluding hydrogens is 329 g/mol. The van der Waals surface area contributed by atoms with Crippen LogP contribution in [-0.2, 0) is 17.4 Å². The quantitative estimate of drug-likeness (QED) is 0.822. The first-order valence-electron chi connectivity index (χ1n) is 7.31. The van der Waals surface area contributed by atoms with Crippen LogP contribution < -0.4 is 11.1 Å². The van der Waals surface area contributed by atoms with Crippen LogP contribution in [0.25, 0.3) is 0 Å². The van der Waals surface area contributed by atoms with Crippen molar-refractivity contribution >= 4 is 18.3 Å². The zero-order chi connectivity index (χ0) is 16.9. The SMILES string of the molecule is CC(C)C[C@H](N)C(=O)NC(C)Cc1ccc(C(F)(F)F)cc1.Cl. The maximum absolute atomic E-state index is 12.5. The summed E-state index contributed by atoms with van der Waals surface area (Å²) in [5.74, 6) is 0.0964. The summed E-state index contributed by atoms with van der Waals surface area (Å²) in [5.41, 5.74) is 5.85. The average molecular weight is 353 g/mol. The first-order valence-corrected chi connectivity index (χ1v) is 7.31. The second-order valence-corrected chi connectivity index (χ2v) is 6.04. The van der Waals surface area contributed by atoms with Crippen molar-refractivity contribution in [2.75, 3.05) is 0 Å². The topological polar surface area (TPSA) is 55.1 Å². The summed E-state index contributed by atoms with van der Waals surface area (Å²) in [4.78, 5) is 11.9. The molecule has 0 bridgehead atoms. The summed E-state index contributed by atoms with van der Waals surface area (Å²) >= 11 is 0. The molecule has 1 rings (SSSR count). The van der Waals surface area contributed by atoms with Gasteiger partial charge in [0.05, 0.1) is 11.6 Å². The molecule has 132 valence electrons. The third kappa shape index (κ3) is 7.70. The van der Waals surface area contributed by atoms with E-state index in [9.17, 15) is 18.0 Å². The summed E-state index contributed by atoms with van der Waals surface area (Å²) in [7, 11) is 0. The van der Waals surface area contributed by atoms with Crippen LogP contribution in [0.1, 0.15) is 38.3 Å². The van der Waals surface area contributed by atoms with E-state index in [1.807, 2.05) is 13.8 Å².